The van der Waals surface area contributed by atoms with Crippen molar-refractivity contribution in [2.45, 2.75) is 64.8 Å². The van der Waals surface area contributed by atoms with Crippen LogP contribution in [0, 0.1) is 11.8 Å². The average molecular weight is 421 g/mol. The summed E-state index contributed by atoms with van der Waals surface area (Å²) in [5.74, 6) is 1.42. The van der Waals surface area contributed by atoms with E-state index in [4.69, 9.17) is 0 Å². The van der Waals surface area contributed by atoms with Gasteiger partial charge in [-0.25, -0.2) is 0 Å². The summed E-state index contributed by atoms with van der Waals surface area (Å²) >= 11 is 0. The van der Waals surface area contributed by atoms with E-state index in [0.717, 1.165) is 36.4 Å². The summed E-state index contributed by atoms with van der Waals surface area (Å²) in [5, 5.41) is 3.35. The molecule has 3 rings (SSSR count). The summed E-state index contributed by atoms with van der Waals surface area (Å²) < 4.78 is 0. The number of nitrogens with one attached hydrogen (secondary N) is 1. The quantitative estimate of drug-likeness (QED) is 0.525. The first kappa shape index (κ1) is 23.5. The van der Waals surface area contributed by atoms with Gasteiger partial charge in [-0.2, -0.15) is 0 Å². The molecule has 1 atom stereocenters. The summed E-state index contributed by atoms with van der Waals surface area (Å²) in [6, 6.07) is 17.0. The van der Waals surface area contributed by atoms with E-state index in [-0.39, 0.29) is 11.9 Å². The number of carbonyl (C=O) groups excluding carboxylic acids is 1. The van der Waals surface area contributed by atoms with Crippen molar-refractivity contribution in [1.29, 1.82) is 0 Å². The average Bonchev–Trinajstić information content (AvgIpc) is 2.74. The van der Waals surface area contributed by atoms with Crippen molar-refractivity contribution in [3.63, 3.8) is 0 Å². The summed E-state index contributed by atoms with van der Waals surface area (Å²) in [6.07, 6.45) is 8.81. The molecule has 31 heavy (non-hydrogen) atoms. The Labute approximate surface area is 189 Å². The van der Waals surface area contributed by atoms with Crippen molar-refractivity contribution < 1.29 is 4.79 Å². The molecule has 1 aliphatic rings. The van der Waals surface area contributed by atoms with Gasteiger partial charge in [-0.1, -0.05) is 82.3 Å². The van der Waals surface area contributed by atoms with Gasteiger partial charge in [-0.3, -0.25) is 4.79 Å². The van der Waals surface area contributed by atoms with E-state index in [0.29, 0.717) is 5.92 Å². The lowest BCUT2D eigenvalue weighted by atomic mass is 9.84. The first-order valence-corrected chi connectivity index (χ1v) is 12.1. The van der Waals surface area contributed by atoms with Crippen LogP contribution < -0.4 is 5.32 Å². The molecule has 0 unspecified atom stereocenters. The molecular formula is C28H40N2O. The predicted molar refractivity (Wildman–Crippen MR) is 131 cm³/mol. The topological polar surface area (TPSA) is 32.3 Å². The zero-order chi connectivity index (χ0) is 22.2. The number of hydrogen-bond donors (Lipinski definition) is 1. The van der Waals surface area contributed by atoms with E-state index >= 15 is 0 Å². The highest BCUT2D eigenvalue weighted by molar-refractivity contribution is 5.95. The lowest BCUT2D eigenvalue weighted by molar-refractivity contribution is 0.0920. The highest BCUT2D eigenvalue weighted by Crippen LogP contribution is 2.28. The Bertz CT molecular complexity index is 836. The number of amides is 1. The molecule has 1 amide bonds. The number of rotatable bonds is 9. The SMILES string of the molecule is CC(C)Cc1cccc(-c2cccc(C(=O)N[C@H](CC3CCCCC3)CN(C)C)c2)c1. The number of likely N-dealkylation sites (N-methyl/N-ethyl adjacent to an activating group) is 1. The van der Waals surface area contributed by atoms with Gasteiger partial charge in [0.15, 0.2) is 0 Å². The highest BCUT2D eigenvalue weighted by Gasteiger charge is 2.21. The van der Waals surface area contributed by atoms with Gasteiger partial charge in [-0.05, 0) is 67.6 Å². The Kier molecular flexibility index (Phi) is 8.71. The van der Waals surface area contributed by atoms with Gasteiger partial charge in [0.25, 0.3) is 5.91 Å². The lowest BCUT2D eigenvalue weighted by Crippen LogP contribution is -2.43. The maximum atomic E-state index is 13.1. The molecule has 0 heterocycles. The molecular weight excluding hydrogens is 380 g/mol. The van der Waals surface area contributed by atoms with Crippen molar-refractivity contribution in [1.82, 2.24) is 10.2 Å². The van der Waals surface area contributed by atoms with E-state index in [1.807, 2.05) is 18.2 Å². The standard InChI is InChI=1S/C28H40N2O/c1-21(2)16-23-12-8-13-24(17-23)25-14-9-15-26(19-25)28(31)29-27(20-30(3)4)18-22-10-6-5-7-11-22/h8-9,12-15,17,19,21-22,27H,5-7,10-11,16,18,20H2,1-4H3,(H,29,31)/t27-/m1/s1. The molecule has 3 heteroatoms. The first-order chi connectivity index (χ1) is 14.9. The van der Waals surface area contributed by atoms with E-state index in [1.165, 1.54) is 43.2 Å². The Balaban J connectivity index is 1.71. The van der Waals surface area contributed by atoms with Crippen LogP contribution in [0.5, 0.6) is 0 Å². The third kappa shape index (κ3) is 7.50. The highest BCUT2D eigenvalue weighted by atomic mass is 16.1. The molecule has 2 aromatic rings. The Morgan fingerprint density at radius 2 is 1.68 bits per heavy atom. The second-order valence-corrected chi connectivity index (χ2v) is 10.1. The number of benzene rings is 2. The van der Waals surface area contributed by atoms with Crippen LogP contribution in [0.15, 0.2) is 48.5 Å². The molecule has 3 nitrogen and oxygen atoms in total. The minimum atomic E-state index is 0.0443. The minimum absolute atomic E-state index is 0.0443. The summed E-state index contributed by atoms with van der Waals surface area (Å²) in [4.78, 5) is 15.3. The molecule has 0 bridgehead atoms. The number of nitrogens with zero attached hydrogens (tertiary/aromatic N) is 1. The van der Waals surface area contributed by atoms with Crippen molar-refractivity contribution >= 4 is 5.91 Å². The van der Waals surface area contributed by atoms with E-state index in [9.17, 15) is 4.79 Å². The largest absolute Gasteiger partial charge is 0.348 e. The maximum absolute atomic E-state index is 13.1. The smallest absolute Gasteiger partial charge is 0.251 e. The fourth-order valence-corrected chi connectivity index (χ4v) is 4.90. The fraction of sp³-hybridized carbons (Fsp3) is 0.536. The van der Waals surface area contributed by atoms with Crippen LogP contribution in [0.3, 0.4) is 0 Å². The van der Waals surface area contributed by atoms with Crippen molar-refractivity contribution in [2.75, 3.05) is 20.6 Å². The molecule has 1 N–H and O–H groups in total. The van der Waals surface area contributed by atoms with Gasteiger partial charge in [0.1, 0.15) is 0 Å². The molecule has 0 aliphatic heterocycles. The van der Waals surface area contributed by atoms with Crippen LogP contribution in [-0.2, 0) is 6.42 Å². The Hall–Kier alpha value is -2.13. The third-order valence-corrected chi connectivity index (χ3v) is 6.29. The number of carbonyl (C=O) groups is 1. The van der Waals surface area contributed by atoms with Gasteiger partial charge >= 0.3 is 0 Å². The Morgan fingerprint density at radius 3 is 2.35 bits per heavy atom. The Morgan fingerprint density at radius 1 is 1.00 bits per heavy atom. The number of hydrogen-bond acceptors (Lipinski definition) is 2. The van der Waals surface area contributed by atoms with Crippen LogP contribution in [0.1, 0.15) is 68.3 Å². The van der Waals surface area contributed by atoms with Crippen molar-refractivity contribution in [2.24, 2.45) is 11.8 Å². The molecule has 0 radical (unpaired) electrons. The summed E-state index contributed by atoms with van der Waals surface area (Å²) in [5.41, 5.74) is 4.38. The fourth-order valence-electron chi connectivity index (χ4n) is 4.90. The van der Waals surface area contributed by atoms with E-state index in [2.05, 4.69) is 68.5 Å². The molecule has 2 aromatic carbocycles. The lowest BCUT2D eigenvalue weighted by Gasteiger charge is -2.29. The maximum Gasteiger partial charge on any atom is 0.251 e. The van der Waals surface area contributed by atoms with Crippen LogP contribution in [0.4, 0.5) is 0 Å². The summed E-state index contributed by atoms with van der Waals surface area (Å²) in [6.45, 7) is 5.38. The van der Waals surface area contributed by atoms with E-state index < -0.39 is 0 Å². The van der Waals surface area contributed by atoms with Gasteiger partial charge in [0.05, 0.1) is 0 Å². The van der Waals surface area contributed by atoms with Gasteiger partial charge < -0.3 is 10.2 Å². The molecule has 168 valence electrons. The normalized spacial score (nSPS) is 15.9. The molecule has 0 spiro atoms. The van der Waals surface area contributed by atoms with Gasteiger partial charge in [0.2, 0.25) is 0 Å². The zero-order valence-corrected chi connectivity index (χ0v) is 19.9. The van der Waals surface area contributed by atoms with Crippen LogP contribution >= 0.6 is 0 Å². The zero-order valence-electron chi connectivity index (χ0n) is 19.9. The summed E-state index contributed by atoms with van der Waals surface area (Å²) in [7, 11) is 4.18. The molecule has 1 saturated carbocycles. The molecule has 1 fully saturated rings. The predicted octanol–water partition coefficient (Wildman–Crippen LogP) is 6.18. The second kappa shape index (κ2) is 11.5. The minimum Gasteiger partial charge on any atom is -0.348 e. The van der Waals surface area contributed by atoms with Crippen LogP contribution in [-0.4, -0.2) is 37.5 Å². The first-order valence-electron chi connectivity index (χ1n) is 12.1. The van der Waals surface area contributed by atoms with Crippen LogP contribution in [0.25, 0.3) is 11.1 Å². The van der Waals surface area contributed by atoms with Crippen LogP contribution in [0.2, 0.25) is 0 Å². The second-order valence-electron chi connectivity index (χ2n) is 10.1. The third-order valence-electron chi connectivity index (χ3n) is 6.29. The van der Waals surface area contributed by atoms with Crippen molar-refractivity contribution in [3.8, 4) is 11.1 Å². The van der Waals surface area contributed by atoms with Gasteiger partial charge in [0, 0.05) is 18.2 Å². The molecule has 1 aliphatic carbocycles. The van der Waals surface area contributed by atoms with Crippen molar-refractivity contribution in [3.05, 3.63) is 59.7 Å². The molecule has 0 saturated heterocycles. The molecule has 0 aromatic heterocycles. The van der Waals surface area contributed by atoms with Gasteiger partial charge in [-0.15, -0.1) is 0 Å². The monoisotopic (exact) mass is 420 g/mol. The van der Waals surface area contributed by atoms with E-state index in [1.54, 1.807) is 0 Å².